The number of anilines is 1. The number of aromatic nitrogens is 1. The van der Waals surface area contributed by atoms with E-state index in [2.05, 4.69) is 10.4 Å². The van der Waals surface area contributed by atoms with Crippen LogP contribution in [0.3, 0.4) is 0 Å². The Morgan fingerprint density at radius 1 is 1.11 bits per heavy atom. The second-order valence-corrected chi connectivity index (χ2v) is 3.81. The molecule has 0 bridgehead atoms. The molecule has 0 spiro atoms. The van der Waals surface area contributed by atoms with Crippen molar-refractivity contribution in [1.82, 2.24) is 10.4 Å². The number of pyridine rings is 1. The Morgan fingerprint density at radius 3 is 2.56 bits per heavy atom. The van der Waals surface area contributed by atoms with Crippen LogP contribution in [-0.2, 0) is 0 Å². The molecule has 94 valence electrons. The minimum atomic E-state index is -0.621. The number of hydrogen-bond donors (Lipinski definition) is 3. The van der Waals surface area contributed by atoms with Gasteiger partial charge >= 0.3 is 0 Å². The van der Waals surface area contributed by atoms with Crippen molar-refractivity contribution >= 4 is 5.69 Å². The predicted molar refractivity (Wildman–Crippen MR) is 64.2 cm³/mol. The second kappa shape index (κ2) is 5.07. The van der Waals surface area contributed by atoms with Crippen LogP contribution in [-0.4, -0.2) is 4.98 Å². The van der Waals surface area contributed by atoms with Crippen LogP contribution in [0.25, 0.3) is 0 Å². The molecule has 0 amide bonds. The van der Waals surface area contributed by atoms with Crippen molar-refractivity contribution in [2.24, 2.45) is 5.84 Å². The third kappa shape index (κ3) is 2.44. The number of nitrogen functional groups attached to an aromatic ring is 1. The number of halogens is 2. The monoisotopic (exact) mass is 250 g/mol. The van der Waals surface area contributed by atoms with Crippen LogP contribution in [0.2, 0.25) is 0 Å². The summed E-state index contributed by atoms with van der Waals surface area (Å²) >= 11 is 0. The summed E-state index contributed by atoms with van der Waals surface area (Å²) < 4.78 is 26.3. The van der Waals surface area contributed by atoms with Crippen molar-refractivity contribution in [2.75, 3.05) is 5.73 Å². The maximum absolute atomic E-state index is 13.2. The highest BCUT2D eigenvalue weighted by atomic mass is 19.1. The molecule has 0 saturated carbocycles. The second-order valence-electron chi connectivity index (χ2n) is 3.81. The number of hydrazine groups is 1. The Kier molecular flexibility index (Phi) is 3.50. The zero-order chi connectivity index (χ0) is 13.1. The smallest absolute Gasteiger partial charge is 0.141 e. The number of nitrogens with zero attached hydrogens (tertiary/aromatic N) is 1. The molecule has 4 nitrogen and oxygen atoms in total. The largest absolute Gasteiger partial charge is 0.398 e. The lowest BCUT2D eigenvalue weighted by atomic mass is 9.99. The standard InChI is InChI=1S/C12H12F2N4/c13-8-1-2-11(15)10(4-8)12(18-16)7-3-9(14)6-17-5-7/h1-6,12,18H,15-16H2. The third-order valence-corrected chi connectivity index (χ3v) is 2.59. The van der Waals surface area contributed by atoms with Crippen molar-refractivity contribution in [3.05, 3.63) is 59.4 Å². The molecular formula is C12H12F2N4. The van der Waals surface area contributed by atoms with Gasteiger partial charge in [0.1, 0.15) is 11.6 Å². The van der Waals surface area contributed by atoms with Crippen molar-refractivity contribution < 1.29 is 8.78 Å². The van der Waals surface area contributed by atoms with E-state index in [9.17, 15) is 8.78 Å². The van der Waals surface area contributed by atoms with Gasteiger partial charge in [0.15, 0.2) is 0 Å². The van der Waals surface area contributed by atoms with Crippen LogP contribution < -0.4 is 17.0 Å². The van der Waals surface area contributed by atoms with Gasteiger partial charge in [0.05, 0.1) is 12.2 Å². The van der Waals surface area contributed by atoms with Crippen molar-refractivity contribution in [2.45, 2.75) is 6.04 Å². The molecule has 0 aliphatic rings. The first-order valence-electron chi connectivity index (χ1n) is 5.23. The quantitative estimate of drug-likeness (QED) is 0.438. The first kappa shape index (κ1) is 12.4. The van der Waals surface area contributed by atoms with Gasteiger partial charge in [-0.25, -0.2) is 14.2 Å². The lowest BCUT2D eigenvalue weighted by molar-refractivity contribution is 0.591. The molecule has 1 heterocycles. The van der Waals surface area contributed by atoms with Gasteiger partial charge in [-0.2, -0.15) is 0 Å². The summed E-state index contributed by atoms with van der Waals surface area (Å²) in [7, 11) is 0. The lowest BCUT2D eigenvalue weighted by Gasteiger charge is -2.18. The fraction of sp³-hybridized carbons (Fsp3) is 0.0833. The lowest BCUT2D eigenvalue weighted by Crippen LogP contribution is -2.29. The van der Waals surface area contributed by atoms with E-state index in [1.165, 1.54) is 30.5 Å². The molecule has 6 heteroatoms. The SMILES string of the molecule is NNC(c1cncc(F)c1)c1cc(F)ccc1N. The Morgan fingerprint density at radius 2 is 1.89 bits per heavy atom. The normalized spacial score (nSPS) is 12.4. The summed E-state index contributed by atoms with van der Waals surface area (Å²) in [5.74, 6) is 4.49. The van der Waals surface area contributed by atoms with Crippen LogP contribution in [0, 0.1) is 11.6 Å². The van der Waals surface area contributed by atoms with Crippen LogP contribution in [0.1, 0.15) is 17.2 Å². The van der Waals surface area contributed by atoms with E-state index < -0.39 is 17.7 Å². The van der Waals surface area contributed by atoms with Crippen molar-refractivity contribution in [3.63, 3.8) is 0 Å². The van der Waals surface area contributed by atoms with E-state index in [0.717, 1.165) is 6.20 Å². The Labute approximate surface area is 103 Å². The molecule has 0 aliphatic heterocycles. The Bertz CT molecular complexity index is 560. The first-order chi connectivity index (χ1) is 8.61. The third-order valence-electron chi connectivity index (χ3n) is 2.59. The first-order valence-corrected chi connectivity index (χ1v) is 5.23. The molecule has 18 heavy (non-hydrogen) atoms. The highest BCUT2D eigenvalue weighted by Gasteiger charge is 2.16. The van der Waals surface area contributed by atoms with Crippen molar-refractivity contribution in [1.29, 1.82) is 0 Å². The zero-order valence-corrected chi connectivity index (χ0v) is 9.40. The highest BCUT2D eigenvalue weighted by molar-refractivity contribution is 5.51. The van der Waals surface area contributed by atoms with E-state index in [0.29, 0.717) is 16.8 Å². The molecule has 1 aromatic carbocycles. The molecule has 0 fully saturated rings. The molecule has 2 aromatic rings. The average Bonchev–Trinajstić information content (AvgIpc) is 2.35. The fourth-order valence-corrected chi connectivity index (χ4v) is 1.75. The molecule has 0 aliphatic carbocycles. The van der Waals surface area contributed by atoms with E-state index in [1.54, 1.807) is 0 Å². The van der Waals surface area contributed by atoms with Gasteiger partial charge in [0.25, 0.3) is 0 Å². The number of nitrogens with two attached hydrogens (primary N) is 2. The van der Waals surface area contributed by atoms with Gasteiger partial charge in [0, 0.05) is 17.4 Å². The summed E-state index contributed by atoms with van der Waals surface area (Å²) in [6.45, 7) is 0. The van der Waals surface area contributed by atoms with Gasteiger partial charge in [-0.3, -0.25) is 10.8 Å². The summed E-state index contributed by atoms with van der Waals surface area (Å²) in [6.07, 6.45) is 2.52. The van der Waals surface area contributed by atoms with Gasteiger partial charge < -0.3 is 5.73 Å². The van der Waals surface area contributed by atoms with Crippen molar-refractivity contribution in [3.8, 4) is 0 Å². The van der Waals surface area contributed by atoms with E-state index >= 15 is 0 Å². The van der Waals surface area contributed by atoms with Crippen LogP contribution in [0.4, 0.5) is 14.5 Å². The molecule has 0 saturated heterocycles. The summed E-state index contributed by atoms with van der Waals surface area (Å²) in [4.78, 5) is 3.73. The number of rotatable bonds is 3. The molecule has 5 N–H and O–H groups in total. The summed E-state index contributed by atoms with van der Waals surface area (Å²) in [5.41, 5.74) is 9.51. The maximum atomic E-state index is 13.2. The average molecular weight is 250 g/mol. The van der Waals surface area contributed by atoms with E-state index in [1.807, 2.05) is 0 Å². The molecule has 1 atom stereocenters. The minimum absolute atomic E-state index is 0.364. The van der Waals surface area contributed by atoms with Gasteiger partial charge in [-0.05, 0) is 29.8 Å². The fourth-order valence-electron chi connectivity index (χ4n) is 1.75. The van der Waals surface area contributed by atoms with E-state index in [4.69, 9.17) is 11.6 Å². The topological polar surface area (TPSA) is 77.0 Å². The number of benzene rings is 1. The highest BCUT2D eigenvalue weighted by Crippen LogP contribution is 2.26. The minimum Gasteiger partial charge on any atom is -0.398 e. The zero-order valence-electron chi connectivity index (χ0n) is 9.40. The van der Waals surface area contributed by atoms with Gasteiger partial charge in [-0.15, -0.1) is 0 Å². The maximum Gasteiger partial charge on any atom is 0.141 e. The Balaban J connectivity index is 2.48. The summed E-state index contributed by atoms with van der Waals surface area (Å²) in [6, 6.07) is 4.58. The van der Waals surface area contributed by atoms with Crippen LogP contribution >= 0.6 is 0 Å². The predicted octanol–water partition coefficient (Wildman–Crippen LogP) is 1.49. The number of nitrogens with one attached hydrogen (secondary N) is 1. The molecular weight excluding hydrogens is 238 g/mol. The Hall–Kier alpha value is -2.05. The van der Waals surface area contributed by atoms with Crippen LogP contribution in [0.5, 0.6) is 0 Å². The summed E-state index contributed by atoms with van der Waals surface area (Å²) in [5, 5.41) is 0. The van der Waals surface area contributed by atoms with E-state index in [-0.39, 0.29) is 0 Å². The van der Waals surface area contributed by atoms with Gasteiger partial charge in [-0.1, -0.05) is 0 Å². The molecule has 2 rings (SSSR count). The molecule has 1 unspecified atom stereocenters. The molecule has 0 radical (unpaired) electrons. The van der Waals surface area contributed by atoms with Crippen LogP contribution in [0.15, 0.2) is 36.7 Å². The number of hydrogen-bond acceptors (Lipinski definition) is 4. The van der Waals surface area contributed by atoms with Gasteiger partial charge in [0.2, 0.25) is 0 Å². The molecule has 1 aromatic heterocycles.